The molecule has 0 amide bonds. The minimum Gasteiger partial charge on any atom is -0.378 e. The SMILES string of the molecule is CCCNC(Cc1ncnn1C(C)C)C1COC(C)C1. The largest absolute Gasteiger partial charge is 0.378 e. The predicted octanol–water partition coefficient (Wildman–Crippen LogP) is 2.19. The summed E-state index contributed by atoms with van der Waals surface area (Å²) in [5.41, 5.74) is 0. The van der Waals surface area contributed by atoms with Crippen molar-refractivity contribution in [1.82, 2.24) is 20.1 Å². The summed E-state index contributed by atoms with van der Waals surface area (Å²) in [5.74, 6) is 1.65. The monoisotopic (exact) mass is 280 g/mol. The molecule has 1 aliphatic heterocycles. The third-order valence-corrected chi connectivity index (χ3v) is 3.99. The fourth-order valence-electron chi connectivity index (χ4n) is 2.91. The summed E-state index contributed by atoms with van der Waals surface area (Å²) in [6.45, 7) is 10.6. The summed E-state index contributed by atoms with van der Waals surface area (Å²) in [6, 6.07) is 0.791. The van der Waals surface area contributed by atoms with E-state index in [1.807, 2.05) is 4.68 Å². The first kappa shape index (κ1) is 15.4. The first-order valence-electron chi connectivity index (χ1n) is 7.85. The Hall–Kier alpha value is -0.940. The van der Waals surface area contributed by atoms with Gasteiger partial charge >= 0.3 is 0 Å². The van der Waals surface area contributed by atoms with E-state index in [1.54, 1.807) is 6.33 Å². The molecule has 1 aliphatic rings. The van der Waals surface area contributed by atoms with Gasteiger partial charge in [0.15, 0.2) is 0 Å². The molecule has 114 valence electrons. The lowest BCUT2D eigenvalue weighted by Crippen LogP contribution is -2.39. The van der Waals surface area contributed by atoms with Crippen LogP contribution in [0.1, 0.15) is 52.4 Å². The smallest absolute Gasteiger partial charge is 0.138 e. The summed E-state index contributed by atoms with van der Waals surface area (Å²) in [6.07, 6.45) is 5.26. The molecule has 0 aliphatic carbocycles. The van der Waals surface area contributed by atoms with Crippen LogP contribution < -0.4 is 5.32 Å². The van der Waals surface area contributed by atoms with Crippen molar-refractivity contribution in [3.8, 4) is 0 Å². The highest BCUT2D eigenvalue weighted by molar-refractivity contribution is 4.95. The van der Waals surface area contributed by atoms with E-state index in [0.29, 0.717) is 24.1 Å². The highest BCUT2D eigenvalue weighted by Crippen LogP contribution is 2.24. The van der Waals surface area contributed by atoms with Gasteiger partial charge < -0.3 is 10.1 Å². The van der Waals surface area contributed by atoms with Crippen LogP contribution in [0.2, 0.25) is 0 Å². The molecule has 2 rings (SSSR count). The normalized spacial score (nSPS) is 24.4. The Labute approximate surface area is 122 Å². The summed E-state index contributed by atoms with van der Waals surface area (Å²) < 4.78 is 7.77. The maximum atomic E-state index is 5.74. The molecule has 0 aromatic carbocycles. The molecule has 1 aromatic heterocycles. The van der Waals surface area contributed by atoms with Crippen LogP contribution in [-0.2, 0) is 11.2 Å². The quantitative estimate of drug-likeness (QED) is 0.832. The zero-order valence-electron chi connectivity index (χ0n) is 13.2. The van der Waals surface area contributed by atoms with Crippen LogP contribution in [0.5, 0.6) is 0 Å². The standard InChI is InChI=1S/C15H28N4O/c1-5-6-16-14(13-7-12(4)20-9-13)8-15-17-10-18-19(15)11(2)3/h10-14,16H,5-9H2,1-4H3. The zero-order chi connectivity index (χ0) is 14.5. The van der Waals surface area contributed by atoms with Crippen molar-refractivity contribution in [2.45, 2.75) is 65.1 Å². The second kappa shape index (κ2) is 7.18. The topological polar surface area (TPSA) is 52.0 Å². The first-order chi connectivity index (χ1) is 9.61. The van der Waals surface area contributed by atoms with Crippen LogP contribution in [0.3, 0.4) is 0 Å². The molecule has 20 heavy (non-hydrogen) atoms. The van der Waals surface area contributed by atoms with E-state index < -0.39 is 0 Å². The molecule has 0 spiro atoms. The zero-order valence-corrected chi connectivity index (χ0v) is 13.2. The Morgan fingerprint density at radius 2 is 2.30 bits per heavy atom. The maximum Gasteiger partial charge on any atom is 0.138 e. The summed E-state index contributed by atoms with van der Waals surface area (Å²) in [4.78, 5) is 4.45. The number of ether oxygens (including phenoxy) is 1. The van der Waals surface area contributed by atoms with Crippen molar-refractivity contribution >= 4 is 0 Å². The maximum absolute atomic E-state index is 5.74. The van der Waals surface area contributed by atoms with E-state index in [-0.39, 0.29) is 0 Å². The molecule has 1 saturated heterocycles. The van der Waals surface area contributed by atoms with E-state index >= 15 is 0 Å². The molecule has 2 heterocycles. The molecule has 1 aromatic rings. The van der Waals surface area contributed by atoms with Gasteiger partial charge in [-0.15, -0.1) is 0 Å². The second-order valence-corrected chi connectivity index (χ2v) is 6.12. The highest BCUT2D eigenvalue weighted by atomic mass is 16.5. The second-order valence-electron chi connectivity index (χ2n) is 6.12. The predicted molar refractivity (Wildman–Crippen MR) is 79.7 cm³/mol. The Morgan fingerprint density at radius 3 is 2.90 bits per heavy atom. The number of nitrogens with zero attached hydrogens (tertiary/aromatic N) is 3. The van der Waals surface area contributed by atoms with Gasteiger partial charge in [-0.05, 0) is 40.2 Å². The Morgan fingerprint density at radius 1 is 1.50 bits per heavy atom. The van der Waals surface area contributed by atoms with Crippen molar-refractivity contribution in [3.63, 3.8) is 0 Å². The van der Waals surface area contributed by atoms with E-state index in [0.717, 1.165) is 38.2 Å². The number of rotatable bonds is 7. The Bertz CT molecular complexity index is 404. The van der Waals surface area contributed by atoms with Gasteiger partial charge in [0.05, 0.1) is 12.7 Å². The average molecular weight is 280 g/mol. The fourth-order valence-corrected chi connectivity index (χ4v) is 2.91. The third-order valence-electron chi connectivity index (χ3n) is 3.99. The van der Waals surface area contributed by atoms with Crippen LogP contribution >= 0.6 is 0 Å². The van der Waals surface area contributed by atoms with Crippen LogP contribution in [0.25, 0.3) is 0 Å². The van der Waals surface area contributed by atoms with E-state index in [2.05, 4.69) is 43.1 Å². The van der Waals surface area contributed by atoms with E-state index in [9.17, 15) is 0 Å². The molecule has 1 fully saturated rings. The number of nitrogens with one attached hydrogen (secondary N) is 1. The number of hydrogen-bond donors (Lipinski definition) is 1. The lowest BCUT2D eigenvalue weighted by atomic mass is 9.94. The Balaban J connectivity index is 2.04. The van der Waals surface area contributed by atoms with Gasteiger partial charge in [0.1, 0.15) is 12.2 Å². The lowest BCUT2D eigenvalue weighted by Gasteiger charge is -2.24. The number of aromatic nitrogens is 3. The molecule has 1 N–H and O–H groups in total. The average Bonchev–Trinajstić information content (AvgIpc) is 3.03. The molecule has 3 atom stereocenters. The number of hydrogen-bond acceptors (Lipinski definition) is 4. The van der Waals surface area contributed by atoms with Crippen LogP contribution in [0, 0.1) is 5.92 Å². The van der Waals surface area contributed by atoms with Gasteiger partial charge in [-0.25, -0.2) is 9.67 Å². The molecule has 3 unspecified atom stereocenters. The molecular formula is C15H28N4O. The van der Waals surface area contributed by atoms with Gasteiger partial charge in [0.2, 0.25) is 0 Å². The lowest BCUT2D eigenvalue weighted by molar-refractivity contribution is 0.116. The molecular weight excluding hydrogens is 252 g/mol. The summed E-state index contributed by atoms with van der Waals surface area (Å²) in [7, 11) is 0. The van der Waals surface area contributed by atoms with Gasteiger partial charge in [-0.1, -0.05) is 6.92 Å². The molecule has 5 nitrogen and oxygen atoms in total. The van der Waals surface area contributed by atoms with Crippen molar-refractivity contribution in [2.24, 2.45) is 5.92 Å². The Kier molecular flexibility index (Phi) is 5.54. The van der Waals surface area contributed by atoms with Crippen LogP contribution in [-0.4, -0.2) is 40.1 Å². The van der Waals surface area contributed by atoms with Gasteiger partial charge in [-0.3, -0.25) is 0 Å². The summed E-state index contributed by atoms with van der Waals surface area (Å²) in [5, 5.41) is 8.01. The van der Waals surface area contributed by atoms with Crippen molar-refractivity contribution in [2.75, 3.05) is 13.2 Å². The van der Waals surface area contributed by atoms with Crippen molar-refractivity contribution in [1.29, 1.82) is 0 Å². The van der Waals surface area contributed by atoms with E-state index in [4.69, 9.17) is 4.74 Å². The minimum atomic E-state index is 0.359. The van der Waals surface area contributed by atoms with Gasteiger partial charge in [0, 0.05) is 24.4 Å². The fraction of sp³-hybridized carbons (Fsp3) is 0.867. The first-order valence-corrected chi connectivity index (χ1v) is 7.85. The molecule has 0 saturated carbocycles. The summed E-state index contributed by atoms with van der Waals surface area (Å²) >= 11 is 0. The van der Waals surface area contributed by atoms with Gasteiger partial charge in [0.25, 0.3) is 0 Å². The highest BCUT2D eigenvalue weighted by Gasteiger charge is 2.30. The molecule has 5 heteroatoms. The van der Waals surface area contributed by atoms with Crippen LogP contribution in [0.4, 0.5) is 0 Å². The minimum absolute atomic E-state index is 0.359. The molecule has 0 bridgehead atoms. The third kappa shape index (κ3) is 3.79. The van der Waals surface area contributed by atoms with Crippen LogP contribution in [0.15, 0.2) is 6.33 Å². The van der Waals surface area contributed by atoms with E-state index in [1.165, 1.54) is 0 Å². The van der Waals surface area contributed by atoms with Crippen molar-refractivity contribution < 1.29 is 4.74 Å². The van der Waals surface area contributed by atoms with Crippen molar-refractivity contribution in [3.05, 3.63) is 12.2 Å². The molecule has 0 radical (unpaired) electrons. The van der Waals surface area contributed by atoms with Gasteiger partial charge in [-0.2, -0.15) is 5.10 Å².